The van der Waals surface area contributed by atoms with Crippen LogP contribution in [-0.4, -0.2) is 15.8 Å². The third kappa shape index (κ3) is 2.04. The summed E-state index contributed by atoms with van der Waals surface area (Å²) >= 11 is 0. The Kier molecular flexibility index (Phi) is 3.01. The van der Waals surface area contributed by atoms with E-state index in [4.69, 9.17) is 9.63 Å². The first-order valence-corrected chi connectivity index (χ1v) is 5.18. The Hall–Kier alpha value is -2.37. The average molecular weight is 251 g/mol. The second kappa shape index (κ2) is 4.48. The molecule has 0 saturated heterocycles. The lowest BCUT2D eigenvalue weighted by Crippen LogP contribution is -2.09. The van der Waals surface area contributed by atoms with E-state index < -0.39 is 23.0 Å². The first-order valence-electron chi connectivity index (χ1n) is 5.18. The van der Waals surface area contributed by atoms with Crippen LogP contribution < -0.4 is 5.63 Å². The molecule has 5 nitrogen and oxygen atoms in total. The monoisotopic (exact) mass is 251 g/mol. The molecular formula is C12H10FNO4. The van der Waals surface area contributed by atoms with Gasteiger partial charge in [0.2, 0.25) is 0 Å². The number of rotatable bonds is 3. The molecule has 0 atom stereocenters. The summed E-state index contributed by atoms with van der Waals surface area (Å²) in [5, 5.41) is 8.83. The van der Waals surface area contributed by atoms with Crippen molar-refractivity contribution in [2.75, 3.05) is 0 Å². The molecule has 6 heteroatoms. The summed E-state index contributed by atoms with van der Waals surface area (Å²) in [7, 11) is 0. The van der Waals surface area contributed by atoms with Crippen LogP contribution in [0, 0.1) is 12.7 Å². The van der Waals surface area contributed by atoms with Gasteiger partial charge in [0.1, 0.15) is 5.82 Å². The van der Waals surface area contributed by atoms with Crippen molar-refractivity contribution in [3.63, 3.8) is 0 Å². The van der Waals surface area contributed by atoms with Crippen molar-refractivity contribution in [3.8, 4) is 0 Å². The lowest BCUT2D eigenvalue weighted by atomic mass is 10.2. The Morgan fingerprint density at radius 1 is 1.44 bits per heavy atom. The Bertz CT molecular complexity index is 656. The molecule has 0 aliphatic heterocycles. The molecule has 0 aliphatic carbocycles. The zero-order valence-corrected chi connectivity index (χ0v) is 9.51. The number of nitrogens with zero attached hydrogens (tertiary/aromatic N) is 1. The largest absolute Gasteiger partial charge is 0.477 e. The molecule has 0 saturated carbocycles. The van der Waals surface area contributed by atoms with Crippen molar-refractivity contribution < 1.29 is 18.8 Å². The fourth-order valence-corrected chi connectivity index (χ4v) is 1.66. The Labute approximate surface area is 101 Å². The fourth-order valence-electron chi connectivity index (χ4n) is 1.66. The molecule has 0 amide bonds. The van der Waals surface area contributed by atoms with Gasteiger partial charge < -0.3 is 9.63 Å². The van der Waals surface area contributed by atoms with Crippen LogP contribution in [0.2, 0.25) is 0 Å². The highest BCUT2D eigenvalue weighted by atomic mass is 19.1. The van der Waals surface area contributed by atoms with Crippen LogP contribution in [0.3, 0.4) is 0 Å². The molecule has 1 N–H and O–H groups in total. The van der Waals surface area contributed by atoms with Crippen LogP contribution in [-0.2, 0) is 6.54 Å². The number of carboxylic acids is 1. The molecule has 2 rings (SSSR count). The van der Waals surface area contributed by atoms with E-state index in [1.54, 1.807) is 12.1 Å². The number of hydrogen-bond acceptors (Lipinski definition) is 3. The summed E-state index contributed by atoms with van der Waals surface area (Å²) in [5.74, 6) is -1.79. The van der Waals surface area contributed by atoms with E-state index in [9.17, 15) is 14.0 Å². The second-order valence-corrected chi connectivity index (χ2v) is 3.77. The van der Waals surface area contributed by atoms with Crippen molar-refractivity contribution in [1.29, 1.82) is 0 Å². The maximum Gasteiger partial charge on any atom is 0.372 e. The summed E-state index contributed by atoms with van der Waals surface area (Å²) in [6.45, 7) is 1.41. The maximum absolute atomic E-state index is 13.4. The average Bonchev–Trinajstić information content (AvgIpc) is 2.57. The van der Waals surface area contributed by atoms with Gasteiger partial charge >= 0.3 is 11.6 Å². The minimum absolute atomic E-state index is 0.0268. The van der Waals surface area contributed by atoms with E-state index in [0.717, 1.165) is 4.74 Å². The number of carboxylic acid groups (broad SMARTS) is 1. The van der Waals surface area contributed by atoms with Crippen molar-refractivity contribution in [2.24, 2.45) is 0 Å². The van der Waals surface area contributed by atoms with Gasteiger partial charge in [-0.25, -0.2) is 18.7 Å². The number of halogens is 1. The molecule has 1 heterocycles. The molecular weight excluding hydrogens is 241 g/mol. The van der Waals surface area contributed by atoms with Gasteiger partial charge in [-0.05, 0) is 13.0 Å². The number of benzene rings is 1. The summed E-state index contributed by atoms with van der Waals surface area (Å²) in [5.41, 5.74) is -0.880. The third-order valence-electron chi connectivity index (χ3n) is 2.62. The molecule has 0 fully saturated rings. The van der Waals surface area contributed by atoms with Crippen molar-refractivity contribution in [3.05, 3.63) is 57.3 Å². The van der Waals surface area contributed by atoms with Gasteiger partial charge in [0, 0.05) is 5.56 Å². The maximum atomic E-state index is 13.4. The van der Waals surface area contributed by atoms with E-state index >= 15 is 0 Å². The number of aromatic carboxylic acids is 1. The quantitative estimate of drug-likeness (QED) is 0.899. The number of aromatic nitrogens is 1. The topological polar surface area (TPSA) is 72.4 Å². The molecule has 94 valence electrons. The number of hydrogen-bond donors (Lipinski definition) is 1. The van der Waals surface area contributed by atoms with Gasteiger partial charge in [0.15, 0.2) is 5.56 Å². The highest BCUT2D eigenvalue weighted by molar-refractivity contribution is 5.88. The SMILES string of the molecule is Cc1c(C(=O)O)c(=O)on1Cc1ccccc1F. The van der Waals surface area contributed by atoms with Gasteiger partial charge in [0.25, 0.3) is 0 Å². The normalized spacial score (nSPS) is 10.6. The van der Waals surface area contributed by atoms with Crippen LogP contribution in [0.4, 0.5) is 4.39 Å². The van der Waals surface area contributed by atoms with Gasteiger partial charge in [-0.15, -0.1) is 0 Å². The molecule has 1 aromatic heterocycles. The second-order valence-electron chi connectivity index (χ2n) is 3.77. The summed E-state index contributed by atoms with van der Waals surface area (Å²) in [6.07, 6.45) is 0. The van der Waals surface area contributed by atoms with E-state index in [1.807, 2.05) is 0 Å². The van der Waals surface area contributed by atoms with Crippen LogP contribution in [0.15, 0.2) is 33.6 Å². The Morgan fingerprint density at radius 3 is 2.67 bits per heavy atom. The van der Waals surface area contributed by atoms with Gasteiger partial charge in [-0.3, -0.25) is 0 Å². The third-order valence-corrected chi connectivity index (χ3v) is 2.62. The van der Waals surface area contributed by atoms with Crippen LogP contribution in [0.25, 0.3) is 0 Å². The van der Waals surface area contributed by atoms with Crippen molar-refractivity contribution in [1.82, 2.24) is 4.74 Å². The van der Waals surface area contributed by atoms with Gasteiger partial charge in [0.05, 0.1) is 12.2 Å². The highest BCUT2D eigenvalue weighted by Crippen LogP contribution is 2.11. The molecule has 0 radical (unpaired) electrons. The Balaban J connectivity index is 2.43. The van der Waals surface area contributed by atoms with Gasteiger partial charge in [-0.1, -0.05) is 18.2 Å². The lowest BCUT2D eigenvalue weighted by molar-refractivity contribution is 0.0693. The minimum atomic E-state index is -1.35. The predicted octanol–water partition coefficient (Wildman–Crippen LogP) is 1.64. The zero-order valence-electron chi connectivity index (χ0n) is 9.51. The highest BCUT2D eigenvalue weighted by Gasteiger charge is 2.20. The number of carbonyl (C=O) groups is 1. The first-order chi connectivity index (χ1) is 8.50. The first kappa shape index (κ1) is 12.1. The minimum Gasteiger partial charge on any atom is -0.477 e. The molecule has 2 aromatic rings. The van der Waals surface area contributed by atoms with Crippen LogP contribution >= 0.6 is 0 Å². The van der Waals surface area contributed by atoms with Crippen LogP contribution in [0.1, 0.15) is 21.6 Å². The Morgan fingerprint density at radius 2 is 2.11 bits per heavy atom. The standard InChI is InChI=1S/C12H10FNO4/c1-7-10(11(15)16)12(17)18-14(7)6-8-4-2-3-5-9(8)13/h2-5H,6H2,1H3,(H,15,16). The molecule has 0 aliphatic rings. The molecule has 18 heavy (non-hydrogen) atoms. The van der Waals surface area contributed by atoms with E-state index in [0.29, 0.717) is 5.56 Å². The van der Waals surface area contributed by atoms with E-state index in [-0.39, 0.29) is 12.2 Å². The molecule has 0 bridgehead atoms. The fraction of sp³-hybridized carbons (Fsp3) is 0.167. The molecule has 0 spiro atoms. The summed E-state index contributed by atoms with van der Waals surface area (Å²) in [6, 6.07) is 6.01. The molecule has 0 unspecified atom stereocenters. The van der Waals surface area contributed by atoms with Gasteiger partial charge in [-0.2, -0.15) is 0 Å². The predicted molar refractivity (Wildman–Crippen MR) is 60.2 cm³/mol. The smallest absolute Gasteiger partial charge is 0.372 e. The van der Waals surface area contributed by atoms with Crippen molar-refractivity contribution in [2.45, 2.75) is 13.5 Å². The van der Waals surface area contributed by atoms with Crippen LogP contribution in [0.5, 0.6) is 0 Å². The molecule has 1 aromatic carbocycles. The van der Waals surface area contributed by atoms with E-state index in [2.05, 4.69) is 0 Å². The summed E-state index contributed by atoms with van der Waals surface area (Å²) in [4.78, 5) is 22.1. The zero-order chi connectivity index (χ0) is 13.3. The van der Waals surface area contributed by atoms with E-state index in [1.165, 1.54) is 19.1 Å². The summed E-state index contributed by atoms with van der Waals surface area (Å²) < 4.78 is 19.3. The lowest BCUT2D eigenvalue weighted by Gasteiger charge is -2.04. The van der Waals surface area contributed by atoms with Crippen molar-refractivity contribution >= 4 is 5.97 Å².